The van der Waals surface area contributed by atoms with Crippen LogP contribution in [0.1, 0.15) is 13.3 Å². The second kappa shape index (κ2) is 5.17. The van der Waals surface area contributed by atoms with E-state index in [2.05, 4.69) is 35.6 Å². The van der Waals surface area contributed by atoms with Crippen molar-refractivity contribution in [2.24, 2.45) is 0 Å². The van der Waals surface area contributed by atoms with Crippen LogP contribution in [0.2, 0.25) is 0 Å². The van der Waals surface area contributed by atoms with Crippen LogP contribution < -0.4 is 11.1 Å². The molecule has 0 saturated carbocycles. The van der Waals surface area contributed by atoms with Crippen molar-refractivity contribution in [3.8, 4) is 0 Å². The van der Waals surface area contributed by atoms with Gasteiger partial charge in [0, 0.05) is 12.1 Å². The summed E-state index contributed by atoms with van der Waals surface area (Å²) in [4.78, 5) is 2.18. The summed E-state index contributed by atoms with van der Waals surface area (Å²) in [5, 5.41) is 4.42. The molecule has 1 atom stereocenters. The zero-order chi connectivity index (χ0) is 10.6. The predicted octanol–water partition coefficient (Wildman–Crippen LogP) is 1.48. The van der Waals surface area contributed by atoms with E-state index in [9.17, 15) is 0 Å². The van der Waals surface area contributed by atoms with Crippen LogP contribution in [0.3, 0.4) is 0 Å². The minimum Gasteiger partial charge on any atom is -0.383 e. The van der Waals surface area contributed by atoms with Gasteiger partial charge in [-0.15, -0.1) is 0 Å². The number of nitrogens with zero attached hydrogens (tertiary/aromatic N) is 2. The van der Waals surface area contributed by atoms with E-state index in [1.165, 1.54) is 11.5 Å². The molecule has 3 N–H and O–H groups in total. The normalized spacial score (nSPS) is 13.1. The third-order valence-corrected chi connectivity index (χ3v) is 2.66. The first-order chi connectivity index (χ1) is 6.58. The van der Waals surface area contributed by atoms with E-state index in [-0.39, 0.29) is 0 Å². The lowest BCUT2D eigenvalue weighted by atomic mass is 10.2. The van der Waals surface area contributed by atoms with Gasteiger partial charge in [-0.3, -0.25) is 0 Å². The second-order valence-corrected chi connectivity index (χ2v) is 4.56. The zero-order valence-electron chi connectivity index (χ0n) is 8.95. The van der Waals surface area contributed by atoms with Gasteiger partial charge in [0.1, 0.15) is 10.8 Å². The van der Waals surface area contributed by atoms with Gasteiger partial charge in [0.2, 0.25) is 0 Å². The highest BCUT2D eigenvalue weighted by molar-refractivity contribution is 7.10. The number of rotatable bonds is 5. The minimum absolute atomic E-state index is 0.456. The molecular weight excluding hydrogens is 196 g/mol. The Hall–Kier alpha value is -0.810. The van der Waals surface area contributed by atoms with E-state index in [4.69, 9.17) is 5.73 Å². The molecule has 0 aliphatic carbocycles. The van der Waals surface area contributed by atoms with E-state index in [1.807, 2.05) is 6.07 Å². The molecule has 80 valence electrons. The SMILES string of the molecule is CC(CCN(C)C)Nc1cc(N)ns1. The van der Waals surface area contributed by atoms with E-state index < -0.39 is 0 Å². The summed E-state index contributed by atoms with van der Waals surface area (Å²) in [6, 6.07) is 2.33. The lowest BCUT2D eigenvalue weighted by molar-refractivity contribution is 0.390. The molecule has 0 aromatic carbocycles. The maximum atomic E-state index is 5.53. The molecule has 0 saturated heterocycles. The van der Waals surface area contributed by atoms with Gasteiger partial charge in [0.15, 0.2) is 0 Å². The molecule has 0 radical (unpaired) electrons. The van der Waals surface area contributed by atoms with Crippen molar-refractivity contribution in [1.29, 1.82) is 0 Å². The van der Waals surface area contributed by atoms with Crippen LogP contribution in [0, 0.1) is 0 Å². The molecule has 1 aromatic rings. The van der Waals surface area contributed by atoms with Crippen LogP contribution in [0.15, 0.2) is 6.07 Å². The number of anilines is 2. The summed E-state index contributed by atoms with van der Waals surface area (Å²) in [5.41, 5.74) is 5.53. The van der Waals surface area contributed by atoms with E-state index in [0.717, 1.165) is 18.0 Å². The summed E-state index contributed by atoms with van der Waals surface area (Å²) < 4.78 is 4.01. The molecular formula is C9H18N4S. The van der Waals surface area contributed by atoms with Crippen LogP contribution >= 0.6 is 11.5 Å². The fourth-order valence-electron chi connectivity index (χ4n) is 1.12. The number of hydrogen-bond donors (Lipinski definition) is 2. The molecule has 0 fully saturated rings. The molecule has 1 heterocycles. The summed E-state index contributed by atoms with van der Waals surface area (Å²) in [5.74, 6) is 0.595. The Morgan fingerprint density at radius 3 is 2.86 bits per heavy atom. The number of aromatic nitrogens is 1. The fourth-order valence-corrected chi connectivity index (χ4v) is 1.81. The minimum atomic E-state index is 0.456. The van der Waals surface area contributed by atoms with Crippen LogP contribution in [0.25, 0.3) is 0 Å². The molecule has 4 nitrogen and oxygen atoms in total. The van der Waals surface area contributed by atoms with Gasteiger partial charge >= 0.3 is 0 Å². The maximum absolute atomic E-state index is 5.53. The highest BCUT2D eigenvalue weighted by atomic mass is 32.1. The third-order valence-electron chi connectivity index (χ3n) is 1.93. The quantitative estimate of drug-likeness (QED) is 0.779. The lowest BCUT2D eigenvalue weighted by Gasteiger charge is -2.16. The van der Waals surface area contributed by atoms with Crippen molar-refractivity contribution in [1.82, 2.24) is 9.27 Å². The van der Waals surface area contributed by atoms with Crippen molar-refractivity contribution in [2.75, 3.05) is 31.7 Å². The van der Waals surface area contributed by atoms with E-state index >= 15 is 0 Å². The summed E-state index contributed by atoms with van der Waals surface area (Å²) in [6.07, 6.45) is 1.12. The van der Waals surface area contributed by atoms with Gasteiger partial charge in [0.25, 0.3) is 0 Å². The van der Waals surface area contributed by atoms with Gasteiger partial charge < -0.3 is 16.0 Å². The van der Waals surface area contributed by atoms with Gasteiger partial charge in [-0.25, -0.2) is 0 Å². The molecule has 5 heteroatoms. The first-order valence-corrected chi connectivity index (χ1v) is 5.48. The van der Waals surface area contributed by atoms with Crippen molar-refractivity contribution in [2.45, 2.75) is 19.4 Å². The molecule has 0 aliphatic heterocycles. The molecule has 0 bridgehead atoms. The topological polar surface area (TPSA) is 54.2 Å². The average Bonchev–Trinajstić information content (AvgIpc) is 2.48. The van der Waals surface area contributed by atoms with Crippen LogP contribution in [0.5, 0.6) is 0 Å². The number of hydrogen-bond acceptors (Lipinski definition) is 5. The largest absolute Gasteiger partial charge is 0.383 e. The molecule has 1 unspecified atom stereocenters. The first kappa shape index (κ1) is 11.3. The van der Waals surface area contributed by atoms with E-state index in [1.54, 1.807) is 0 Å². The molecule has 14 heavy (non-hydrogen) atoms. The first-order valence-electron chi connectivity index (χ1n) is 4.71. The Kier molecular flexibility index (Phi) is 4.16. The van der Waals surface area contributed by atoms with Crippen molar-refractivity contribution >= 4 is 22.4 Å². The van der Waals surface area contributed by atoms with Crippen molar-refractivity contribution in [3.63, 3.8) is 0 Å². The summed E-state index contributed by atoms with van der Waals surface area (Å²) >= 11 is 1.41. The lowest BCUT2D eigenvalue weighted by Crippen LogP contribution is -2.22. The van der Waals surface area contributed by atoms with Crippen LogP contribution in [-0.2, 0) is 0 Å². The molecule has 1 aromatic heterocycles. The smallest absolute Gasteiger partial charge is 0.139 e. The summed E-state index contributed by atoms with van der Waals surface area (Å²) in [6.45, 7) is 3.25. The highest BCUT2D eigenvalue weighted by Gasteiger charge is 2.04. The summed E-state index contributed by atoms with van der Waals surface area (Å²) in [7, 11) is 4.16. The monoisotopic (exact) mass is 214 g/mol. The maximum Gasteiger partial charge on any atom is 0.139 e. The van der Waals surface area contributed by atoms with Gasteiger partial charge in [-0.05, 0) is 45.5 Å². The third kappa shape index (κ3) is 3.93. The van der Waals surface area contributed by atoms with E-state index in [0.29, 0.717) is 11.9 Å². The Balaban J connectivity index is 2.30. The molecule has 0 amide bonds. The van der Waals surface area contributed by atoms with Gasteiger partial charge in [-0.1, -0.05) is 0 Å². The van der Waals surface area contributed by atoms with Crippen molar-refractivity contribution in [3.05, 3.63) is 6.07 Å². The molecule has 0 spiro atoms. The highest BCUT2D eigenvalue weighted by Crippen LogP contribution is 2.18. The Bertz CT molecular complexity index is 272. The number of nitrogens with two attached hydrogens (primary N) is 1. The standard InChI is InChI=1S/C9H18N4S/c1-7(4-5-13(2)3)11-9-6-8(10)12-14-9/h6-7,11H,4-5H2,1-3H3,(H2,10,12). The second-order valence-electron chi connectivity index (χ2n) is 3.75. The van der Waals surface area contributed by atoms with Gasteiger partial charge in [-0.2, -0.15) is 4.37 Å². The Morgan fingerprint density at radius 1 is 1.64 bits per heavy atom. The van der Waals surface area contributed by atoms with Gasteiger partial charge in [0.05, 0.1) is 0 Å². The number of nitrogen functional groups attached to an aromatic ring is 1. The van der Waals surface area contributed by atoms with Crippen LogP contribution in [0.4, 0.5) is 10.8 Å². The zero-order valence-corrected chi connectivity index (χ0v) is 9.77. The fraction of sp³-hybridized carbons (Fsp3) is 0.667. The molecule has 0 aliphatic rings. The number of nitrogens with one attached hydrogen (secondary N) is 1. The van der Waals surface area contributed by atoms with Crippen LogP contribution in [-0.4, -0.2) is 36.0 Å². The average molecular weight is 214 g/mol. The predicted molar refractivity (Wildman–Crippen MR) is 62.8 cm³/mol. The Morgan fingerprint density at radius 2 is 2.36 bits per heavy atom. The molecule has 1 rings (SSSR count). The van der Waals surface area contributed by atoms with Crippen molar-refractivity contribution < 1.29 is 0 Å². The Labute approximate surface area is 89.3 Å².